The Kier molecular flexibility index (Phi) is 5.83. The molecule has 1 amide bonds. The van der Waals surface area contributed by atoms with Crippen LogP contribution in [0, 0.1) is 5.82 Å². The molecule has 0 aliphatic carbocycles. The number of halogens is 2. The number of aromatic nitrogens is 5. The Balaban J connectivity index is 1.25. The Bertz CT molecular complexity index is 1450. The quantitative estimate of drug-likeness (QED) is 0.304. The SMILES string of the molecule is O=C(Nc1ccc(Oc2ccc(F)c(Br)c2)cc1)c1cc(-c2cccc(-c3nn[nH]n3)c2)no1. The van der Waals surface area contributed by atoms with Gasteiger partial charge in [-0.15, -0.1) is 10.2 Å². The van der Waals surface area contributed by atoms with Crippen molar-refractivity contribution in [1.82, 2.24) is 25.8 Å². The zero-order chi connectivity index (χ0) is 23.5. The second-order valence-electron chi connectivity index (χ2n) is 7.05. The zero-order valence-corrected chi connectivity index (χ0v) is 18.8. The normalized spacial score (nSPS) is 10.8. The van der Waals surface area contributed by atoms with Crippen LogP contribution in [0.5, 0.6) is 11.5 Å². The van der Waals surface area contributed by atoms with Gasteiger partial charge in [-0.2, -0.15) is 5.21 Å². The van der Waals surface area contributed by atoms with Crippen molar-refractivity contribution in [1.29, 1.82) is 0 Å². The van der Waals surface area contributed by atoms with E-state index in [1.165, 1.54) is 18.2 Å². The third kappa shape index (κ3) is 4.69. The lowest BCUT2D eigenvalue weighted by Gasteiger charge is -2.08. The first kappa shape index (κ1) is 21.5. The number of hydrogen-bond donors (Lipinski definition) is 2. The van der Waals surface area contributed by atoms with Crippen LogP contribution >= 0.6 is 15.9 Å². The smallest absolute Gasteiger partial charge is 0.294 e. The van der Waals surface area contributed by atoms with Crippen LogP contribution < -0.4 is 10.1 Å². The van der Waals surface area contributed by atoms with Gasteiger partial charge in [-0.05, 0) is 69.7 Å². The van der Waals surface area contributed by atoms with Crippen molar-refractivity contribution < 1.29 is 18.4 Å². The summed E-state index contributed by atoms with van der Waals surface area (Å²) in [7, 11) is 0. The summed E-state index contributed by atoms with van der Waals surface area (Å²) in [6.45, 7) is 0. The van der Waals surface area contributed by atoms with E-state index in [-0.39, 0.29) is 11.6 Å². The second-order valence-corrected chi connectivity index (χ2v) is 7.90. The van der Waals surface area contributed by atoms with Gasteiger partial charge in [0.2, 0.25) is 11.6 Å². The number of nitrogens with one attached hydrogen (secondary N) is 2. The highest BCUT2D eigenvalue weighted by molar-refractivity contribution is 9.10. The number of aromatic amines is 1. The van der Waals surface area contributed by atoms with Crippen LogP contribution in [-0.2, 0) is 0 Å². The highest BCUT2D eigenvalue weighted by Crippen LogP contribution is 2.28. The van der Waals surface area contributed by atoms with Gasteiger partial charge in [-0.25, -0.2) is 4.39 Å². The summed E-state index contributed by atoms with van der Waals surface area (Å²) in [5.74, 6) is 0.673. The van der Waals surface area contributed by atoms with Crippen LogP contribution in [0.2, 0.25) is 0 Å². The van der Waals surface area contributed by atoms with Gasteiger partial charge in [-0.1, -0.05) is 23.4 Å². The average molecular weight is 521 g/mol. The lowest BCUT2D eigenvalue weighted by Crippen LogP contribution is -2.10. The average Bonchev–Trinajstić information content (AvgIpc) is 3.56. The molecule has 2 N–H and O–H groups in total. The first-order chi connectivity index (χ1) is 16.5. The van der Waals surface area contributed by atoms with Gasteiger partial charge in [-0.3, -0.25) is 4.79 Å². The number of carbonyl (C=O) groups is 1. The molecule has 0 bridgehead atoms. The van der Waals surface area contributed by atoms with E-state index in [1.54, 1.807) is 30.3 Å². The summed E-state index contributed by atoms with van der Waals surface area (Å²) >= 11 is 3.12. The van der Waals surface area contributed by atoms with E-state index < -0.39 is 5.91 Å². The third-order valence-electron chi connectivity index (χ3n) is 4.73. The molecule has 3 aromatic carbocycles. The van der Waals surface area contributed by atoms with Crippen LogP contribution in [0.15, 0.2) is 81.8 Å². The number of benzene rings is 3. The van der Waals surface area contributed by atoms with Crippen molar-refractivity contribution in [3.05, 3.63) is 88.8 Å². The number of H-pyrrole nitrogens is 1. The topological polar surface area (TPSA) is 119 Å². The Morgan fingerprint density at radius 3 is 2.56 bits per heavy atom. The minimum atomic E-state index is -0.454. The molecule has 0 aliphatic rings. The van der Waals surface area contributed by atoms with Crippen LogP contribution in [0.4, 0.5) is 10.1 Å². The zero-order valence-electron chi connectivity index (χ0n) is 17.2. The molecule has 0 spiro atoms. The van der Waals surface area contributed by atoms with Crippen LogP contribution in [-0.4, -0.2) is 31.7 Å². The van der Waals surface area contributed by atoms with Gasteiger partial charge in [0.1, 0.15) is 23.0 Å². The van der Waals surface area contributed by atoms with Gasteiger partial charge in [0.25, 0.3) is 5.91 Å². The van der Waals surface area contributed by atoms with Gasteiger partial charge in [0.05, 0.1) is 4.47 Å². The minimum absolute atomic E-state index is 0.0523. The molecule has 0 saturated heterocycles. The highest BCUT2D eigenvalue weighted by Gasteiger charge is 2.15. The molecule has 0 radical (unpaired) electrons. The number of tetrazole rings is 1. The van der Waals surface area contributed by atoms with Gasteiger partial charge < -0.3 is 14.6 Å². The fourth-order valence-corrected chi connectivity index (χ4v) is 3.45. The standard InChI is InChI=1S/C23H14BrFN6O3/c24-18-11-17(8-9-19(18)25)33-16-6-4-15(5-7-16)26-23(32)21-12-20(29-34-21)13-2-1-3-14(10-13)22-27-30-31-28-22/h1-12H,(H,26,32)(H,27,28,30,31). The molecule has 2 heterocycles. The first-order valence-electron chi connectivity index (χ1n) is 9.90. The summed E-state index contributed by atoms with van der Waals surface area (Å²) < 4.78 is 24.6. The number of nitrogens with zero attached hydrogens (tertiary/aromatic N) is 4. The van der Waals surface area contributed by atoms with Crippen molar-refractivity contribution in [2.24, 2.45) is 0 Å². The molecular weight excluding hydrogens is 507 g/mol. The maximum absolute atomic E-state index is 13.4. The lowest BCUT2D eigenvalue weighted by atomic mass is 10.1. The maximum atomic E-state index is 13.4. The Labute approximate surface area is 200 Å². The molecule has 0 saturated carbocycles. The highest BCUT2D eigenvalue weighted by atomic mass is 79.9. The van der Waals surface area contributed by atoms with E-state index in [2.05, 4.69) is 47.0 Å². The molecule has 11 heteroatoms. The molecule has 168 valence electrons. The Hall–Kier alpha value is -4.38. The van der Waals surface area contributed by atoms with Crippen LogP contribution in [0.1, 0.15) is 10.6 Å². The molecular formula is C23H14BrFN6O3. The minimum Gasteiger partial charge on any atom is -0.457 e. The van der Waals surface area contributed by atoms with Crippen LogP contribution in [0.25, 0.3) is 22.6 Å². The molecule has 9 nitrogen and oxygen atoms in total. The fourth-order valence-electron chi connectivity index (χ4n) is 3.10. The monoisotopic (exact) mass is 520 g/mol. The predicted molar refractivity (Wildman–Crippen MR) is 124 cm³/mol. The maximum Gasteiger partial charge on any atom is 0.294 e. The van der Waals surface area contributed by atoms with E-state index in [0.717, 1.165) is 11.1 Å². The number of amides is 1. The van der Waals surface area contributed by atoms with E-state index in [9.17, 15) is 9.18 Å². The number of anilines is 1. The molecule has 0 aliphatic heterocycles. The lowest BCUT2D eigenvalue weighted by molar-refractivity contribution is 0.0988. The summed E-state index contributed by atoms with van der Waals surface area (Å²) in [4.78, 5) is 12.6. The first-order valence-corrected chi connectivity index (χ1v) is 10.7. The molecule has 34 heavy (non-hydrogen) atoms. The molecule has 0 fully saturated rings. The number of rotatable bonds is 6. The Morgan fingerprint density at radius 1 is 1.00 bits per heavy atom. The Morgan fingerprint density at radius 2 is 1.79 bits per heavy atom. The molecule has 5 rings (SSSR count). The largest absolute Gasteiger partial charge is 0.457 e. The predicted octanol–water partition coefficient (Wildman–Crippen LogP) is 5.47. The van der Waals surface area contributed by atoms with Crippen molar-refractivity contribution in [2.45, 2.75) is 0 Å². The van der Waals surface area contributed by atoms with Gasteiger partial charge in [0, 0.05) is 22.9 Å². The van der Waals surface area contributed by atoms with E-state index in [1.807, 2.05) is 24.3 Å². The molecule has 0 unspecified atom stereocenters. The molecule has 0 atom stereocenters. The summed E-state index contributed by atoms with van der Waals surface area (Å²) in [5, 5.41) is 20.6. The summed E-state index contributed by atoms with van der Waals surface area (Å²) in [6.07, 6.45) is 0. The number of ether oxygens (including phenoxy) is 1. The van der Waals surface area contributed by atoms with E-state index in [0.29, 0.717) is 33.2 Å². The van der Waals surface area contributed by atoms with E-state index >= 15 is 0 Å². The van der Waals surface area contributed by atoms with Gasteiger partial charge >= 0.3 is 0 Å². The fraction of sp³-hybridized carbons (Fsp3) is 0. The molecule has 5 aromatic rings. The summed E-state index contributed by atoms with van der Waals surface area (Å²) in [5.41, 5.74) is 2.51. The van der Waals surface area contributed by atoms with Crippen molar-refractivity contribution in [3.8, 4) is 34.1 Å². The van der Waals surface area contributed by atoms with Crippen LogP contribution in [0.3, 0.4) is 0 Å². The van der Waals surface area contributed by atoms with Crippen molar-refractivity contribution in [3.63, 3.8) is 0 Å². The number of hydrogen-bond acceptors (Lipinski definition) is 7. The van der Waals surface area contributed by atoms with Crippen molar-refractivity contribution >= 4 is 27.5 Å². The third-order valence-corrected chi connectivity index (χ3v) is 5.34. The molecule has 2 aromatic heterocycles. The van der Waals surface area contributed by atoms with Gasteiger partial charge in [0.15, 0.2) is 0 Å². The summed E-state index contributed by atoms with van der Waals surface area (Å²) in [6, 6.07) is 20.0. The second kappa shape index (κ2) is 9.24. The van der Waals surface area contributed by atoms with E-state index in [4.69, 9.17) is 9.26 Å². The van der Waals surface area contributed by atoms with Crippen molar-refractivity contribution in [2.75, 3.05) is 5.32 Å². The number of carbonyl (C=O) groups excluding carboxylic acids is 1.